The summed E-state index contributed by atoms with van der Waals surface area (Å²) >= 11 is 9.63. The van der Waals surface area contributed by atoms with Crippen molar-refractivity contribution < 1.29 is 25.2 Å². The van der Waals surface area contributed by atoms with E-state index < -0.39 is 7.81 Å². The zero-order valence-electron chi connectivity index (χ0n) is 22.4. The number of benzene rings is 2. The molecular weight excluding hydrogens is 607 g/mol. The van der Waals surface area contributed by atoms with Crippen molar-refractivity contribution in [1.82, 2.24) is 9.48 Å². The monoisotopic (exact) mass is 637 g/mol. The molecule has 5 rings (SSSR count). The van der Waals surface area contributed by atoms with E-state index in [0.717, 1.165) is 18.1 Å². The number of piperidine rings is 1. The van der Waals surface area contributed by atoms with Gasteiger partial charge in [-0.05, 0) is 49.6 Å². The van der Waals surface area contributed by atoms with Crippen LogP contribution in [0.4, 0.5) is 30.9 Å². The number of hydrogen-bond acceptors (Lipinski definition) is 4. The number of nitrogens with zero attached hydrogens (tertiary/aromatic N) is 3. The molecule has 218 valence electrons. The van der Waals surface area contributed by atoms with Gasteiger partial charge in [-0.3, -0.25) is 0 Å². The number of thiophene rings is 1. The van der Waals surface area contributed by atoms with Gasteiger partial charge in [-0.15, -0.1) is 22.7 Å². The van der Waals surface area contributed by atoms with Gasteiger partial charge in [0.15, 0.2) is 0 Å². The van der Waals surface area contributed by atoms with Crippen molar-refractivity contribution in [3.63, 3.8) is 0 Å². The first-order valence-corrected chi connectivity index (χ1v) is 16.6. The summed E-state index contributed by atoms with van der Waals surface area (Å²) < 4.78 is 62.7. The summed E-state index contributed by atoms with van der Waals surface area (Å²) in [7, 11) is -2.25. The van der Waals surface area contributed by atoms with E-state index in [1.165, 1.54) is 66.2 Å². The quantitative estimate of drug-likeness (QED) is 0.0729. The van der Waals surface area contributed by atoms with Gasteiger partial charge in [0, 0.05) is 76.0 Å². The van der Waals surface area contributed by atoms with E-state index in [1.807, 2.05) is 22.7 Å². The Labute approximate surface area is 242 Å². The topological polar surface area (TPSA) is 9.49 Å². The third kappa shape index (κ3) is 8.15. The van der Waals surface area contributed by atoms with E-state index in [0.29, 0.717) is 0 Å². The molecule has 1 fully saturated rings. The fourth-order valence-corrected chi connectivity index (χ4v) is 7.11. The Morgan fingerprint density at radius 3 is 2.10 bits per heavy atom. The summed E-state index contributed by atoms with van der Waals surface area (Å²) in [5, 5.41) is 2.54. The Hall–Kier alpha value is -2.27. The van der Waals surface area contributed by atoms with Gasteiger partial charge in [-0.2, -0.15) is 0 Å². The van der Waals surface area contributed by atoms with Crippen LogP contribution in [0, 0.1) is 0 Å². The van der Waals surface area contributed by atoms with Crippen molar-refractivity contribution in [2.45, 2.75) is 19.3 Å². The summed E-state index contributed by atoms with van der Waals surface area (Å²) in [4.78, 5) is 9.40. The number of rotatable bonds is 3. The zero-order chi connectivity index (χ0) is 29.5. The molecule has 1 saturated heterocycles. The maximum absolute atomic E-state index is 10.7. The van der Waals surface area contributed by atoms with E-state index in [9.17, 15) is 25.2 Å². The third-order valence-corrected chi connectivity index (χ3v) is 9.26. The van der Waals surface area contributed by atoms with E-state index in [-0.39, 0.29) is 0 Å². The number of anilines is 1. The Bertz CT molecular complexity index is 1590. The van der Waals surface area contributed by atoms with Crippen LogP contribution in [0.3, 0.4) is 0 Å². The molecule has 2 aromatic rings. The van der Waals surface area contributed by atoms with Crippen molar-refractivity contribution in [3.8, 4) is 20.9 Å². The van der Waals surface area contributed by atoms with Crippen LogP contribution in [-0.4, -0.2) is 51.2 Å². The molecule has 0 spiro atoms. The molecule has 1 aromatic heterocycles. The predicted octanol–water partition coefficient (Wildman–Crippen LogP) is 9.38. The number of likely N-dealkylation sites (tertiary alicyclic amines) is 1. The molecule has 0 amide bonds. The van der Waals surface area contributed by atoms with Crippen LogP contribution in [0.15, 0.2) is 48.5 Å². The molecule has 3 heterocycles. The molecule has 1 aliphatic carbocycles. The summed E-state index contributed by atoms with van der Waals surface area (Å²) in [5.41, 5.74) is 3.87. The van der Waals surface area contributed by atoms with Crippen LogP contribution < -0.4 is 14.8 Å². The Kier molecular flexibility index (Phi) is 8.08. The Balaban J connectivity index is 0.000000470. The molecule has 3 aliphatic rings. The molecule has 13 heteroatoms. The first-order chi connectivity index (χ1) is 18.4. The average Bonchev–Trinajstić information content (AvgIpc) is 3.34. The van der Waals surface area contributed by atoms with Crippen LogP contribution in [0.1, 0.15) is 24.1 Å². The number of fused-ring (bicyclic) bond motifs is 2. The zero-order valence-corrected chi connectivity index (χ0v) is 25.8. The molecule has 0 unspecified atom stereocenters. The second kappa shape index (κ2) is 10.5. The fourth-order valence-electron chi connectivity index (χ4n) is 4.53. The number of halogens is 6. The molecule has 0 atom stereocenters. The molecule has 1 aromatic carbocycles. The van der Waals surface area contributed by atoms with Crippen LogP contribution >= 0.6 is 42.7 Å². The van der Waals surface area contributed by atoms with Gasteiger partial charge >= 0.3 is 33.0 Å². The van der Waals surface area contributed by atoms with Crippen molar-refractivity contribution in [3.05, 3.63) is 58.8 Å². The van der Waals surface area contributed by atoms with Gasteiger partial charge in [-0.1, -0.05) is 18.3 Å². The van der Waals surface area contributed by atoms with Crippen molar-refractivity contribution in [2.75, 3.05) is 46.2 Å². The number of thiocarbonyl (C=S) groups is 1. The van der Waals surface area contributed by atoms with Crippen molar-refractivity contribution in [2.24, 2.45) is 0 Å². The summed E-state index contributed by atoms with van der Waals surface area (Å²) in [6, 6.07) is 18.2. The van der Waals surface area contributed by atoms with Crippen LogP contribution in [0.5, 0.6) is 0 Å². The van der Waals surface area contributed by atoms with Gasteiger partial charge in [0.05, 0.1) is 4.88 Å². The molecule has 0 N–H and O–H groups in total. The third-order valence-electron chi connectivity index (χ3n) is 6.43. The molecule has 0 bridgehead atoms. The maximum atomic E-state index is 9.87. The number of hydrogen-bond donors (Lipinski definition) is 0. The van der Waals surface area contributed by atoms with E-state index in [4.69, 9.17) is 12.2 Å². The van der Waals surface area contributed by atoms with Gasteiger partial charge in [0.1, 0.15) is 19.1 Å². The second-order valence-corrected chi connectivity index (χ2v) is 14.6. The molecule has 3 nitrogen and oxygen atoms in total. The molecular formula is C27H30F6N3PS3. The minimum absolute atomic E-state index is 1.02. The average molecular weight is 638 g/mol. The first kappa shape index (κ1) is 30.7. The summed E-state index contributed by atoms with van der Waals surface area (Å²) in [6.45, 7) is 2.18. The van der Waals surface area contributed by atoms with Gasteiger partial charge < -0.3 is 9.80 Å². The Morgan fingerprint density at radius 2 is 1.50 bits per heavy atom. The van der Waals surface area contributed by atoms with Crippen LogP contribution in [0.2, 0.25) is 0 Å². The van der Waals surface area contributed by atoms with Gasteiger partial charge in [0.25, 0.3) is 0 Å². The van der Waals surface area contributed by atoms with Crippen molar-refractivity contribution >= 4 is 63.5 Å². The first-order valence-electron chi connectivity index (χ1n) is 12.5. The van der Waals surface area contributed by atoms with Gasteiger partial charge in [-0.25, -0.2) is 4.58 Å². The van der Waals surface area contributed by atoms with Crippen molar-refractivity contribution in [1.29, 1.82) is 0 Å². The standard InChI is InChI=1S/C27H30N3S3.F6P/c1-28(2)18-8-10-20-24(16-18)33-25-17-19(29(3)4)9-11-21(25)26(20)22-12-13-23(32-22)27(31)30-14-6-5-7-15-30;1-7(2,3,4,5)6/h8-13,16-17H,5-7,14-15H2,1-4H3;/q+1;-1. The molecule has 40 heavy (non-hydrogen) atoms. The van der Waals surface area contributed by atoms with Crippen LogP contribution in [-0.2, 0) is 0 Å². The normalized spacial score (nSPS) is 15.7. The summed E-state index contributed by atoms with van der Waals surface area (Å²) in [6.07, 6.45) is 3.81. The fraction of sp³-hybridized carbons (Fsp3) is 0.333. The SMILES string of the molecule is CN(C)c1ccc2c(-c3ccc(C(=S)N4CCCCC4)s3)c3ccc(=[N+](C)C)cc-3sc2c1.F[P-](F)(F)(F)(F)F. The van der Waals surface area contributed by atoms with Crippen LogP contribution in [0.25, 0.3) is 31.0 Å². The molecule has 2 aliphatic heterocycles. The van der Waals surface area contributed by atoms with E-state index in [1.54, 1.807) is 0 Å². The van der Waals surface area contributed by atoms with E-state index in [2.05, 4.69) is 91.1 Å². The van der Waals surface area contributed by atoms with Gasteiger partial charge in [0.2, 0.25) is 5.36 Å². The Morgan fingerprint density at radius 1 is 0.850 bits per heavy atom. The molecule has 0 saturated carbocycles. The predicted molar refractivity (Wildman–Crippen MR) is 164 cm³/mol. The second-order valence-electron chi connectivity index (χ2n) is 10.1. The van der Waals surface area contributed by atoms with E-state index >= 15 is 0 Å². The summed E-state index contributed by atoms with van der Waals surface area (Å²) in [5.74, 6) is 0. The molecule has 0 radical (unpaired) electrons. The minimum atomic E-state index is -10.7.